The summed E-state index contributed by atoms with van der Waals surface area (Å²) in [6, 6.07) is 21.5. The number of carbonyl (C=O) groups excluding carboxylic acids is 2. The van der Waals surface area contributed by atoms with Gasteiger partial charge >= 0.3 is 0 Å². The van der Waals surface area contributed by atoms with Crippen LogP contribution in [-0.2, 0) is 11.4 Å². The fourth-order valence-corrected chi connectivity index (χ4v) is 4.91. The number of carbonyl (C=O) groups is 2. The molecule has 0 N–H and O–H groups in total. The minimum absolute atomic E-state index is 0.198. The number of halogens is 1. The second-order valence-corrected chi connectivity index (χ2v) is 10.8. The molecule has 0 aromatic heterocycles. The van der Waals surface area contributed by atoms with Crippen LogP contribution in [0.2, 0.25) is 0 Å². The van der Waals surface area contributed by atoms with Gasteiger partial charge in [-0.2, -0.15) is 0 Å². The zero-order chi connectivity index (χ0) is 25.7. The lowest BCUT2D eigenvalue weighted by atomic mass is 10.0. The van der Waals surface area contributed by atoms with Gasteiger partial charge in [0.05, 0.1) is 11.4 Å². The summed E-state index contributed by atoms with van der Waals surface area (Å²) in [5.41, 5.74) is 4.06. The maximum atomic E-state index is 12.9. The first-order valence-corrected chi connectivity index (χ1v) is 13.4. The number of rotatable bonds is 9. The van der Waals surface area contributed by atoms with Gasteiger partial charge in [-0.25, -0.2) is 0 Å². The number of amides is 2. The van der Waals surface area contributed by atoms with Gasteiger partial charge in [-0.1, -0.05) is 66.2 Å². The summed E-state index contributed by atoms with van der Waals surface area (Å²) >= 11 is 4.38. The average Bonchev–Trinajstić information content (AvgIpc) is 3.11. The second kappa shape index (κ2) is 11.8. The molecule has 1 saturated heterocycles. The van der Waals surface area contributed by atoms with Crippen LogP contribution in [0, 0.1) is 6.92 Å². The van der Waals surface area contributed by atoms with Crippen molar-refractivity contribution in [1.29, 1.82) is 0 Å². The number of thioether (sulfide) groups is 1. The van der Waals surface area contributed by atoms with Gasteiger partial charge in [0.1, 0.15) is 24.7 Å². The summed E-state index contributed by atoms with van der Waals surface area (Å²) in [4.78, 5) is 27.1. The highest BCUT2D eigenvalue weighted by molar-refractivity contribution is 9.10. The summed E-state index contributed by atoms with van der Waals surface area (Å²) < 4.78 is 12.9. The van der Waals surface area contributed by atoms with Gasteiger partial charge in [0.15, 0.2) is 0 Å². The molecule has 0 unspecified atom stereocenters. The first kappa shape index (κ1) is 26.0. The first-order chi connectivity index (χ1) is 17.3. The predicted octanol–water partition coefficient (Wildman–Crippen LogP) is 7.58. The van der Waals surface area contributed by atoms with Crippen LogP contribution in [0.15, 0.2) is 76.1 Å². The van der Waals surface area contributed by atoms with Crippen LogP contribution < -0.4 is 9.47 Å². The molecule has 1 aliphatic heterocycles. The van der Waals surface area contributed by atoms with Crippen LogP contribution in [0.4, 0.5) is 4.79 Å². The number of imide groups is 1. The molecule has 1 heterocycles. The van der Waals surface area contributed by atoms with Gasteiger partial charge in [0.2, 0.25) is 0 Å². The molecule has 186 valence electrons. The summed E-state index contributed by atoms with van der Waals surface area (Å²) in [6.07, 6.45) is 1.73. The van der Waals surface area contributed by atoms with E-state index < -0.39 is 0 Å². The fourth-order valence-electron chi connectivity index (χ4n) is 3.78. The molecule has 3 aromatic carbocycles. The second-order valence-electron chi connectivity index (χ2n) is 8.87. The molecular weight excluding hydrogens is 538 g/mol. The molecule has 1 fully saturated rings. The van der Waals surface area contributed by atoms with Crippen molar-refractivity contribution in [2.24, 2.45) is 0 Å². The Bertz CT molecular complexity index is 1290. The van der Waals surface area contributed by atoms with Crippen LogP contribution in [0.1, 0.15) is 42.0 Å². The quantitative estimate of drug-likeness (QED) is 0.250. The Balaban J connectivity index is 1.37. The maximum absolute atomic E-state index is 12.9. The molecule has 36 heavy (non-hydrogen) atoms. The Morgan fingerprint density at radius 1 is 1.00 bits per heavy atom. The molecular formula is C29H28BrNO4S. The molecule has 1 aliphatic rings. The number of ether oxygens (including phenoxy) is 2. The molecule has 0 atom stereocenters. The molecule has 4 rings (SSSR count). The number of hydrogen-bond acceptors (Lipinski definition) is 5. The van der Waals surface area contributed by atoms with Crippen LogP contribution >= 0.6 is 27.7 Å². The Hall–Kier alpha value is -3.03. The summed E-state index contributed by atoms with van der Waals surface area (Å²) in [5.74, 6) is 1.50. The van der Waals surface area contributed by atoms with Gasteiger partial charge in [-0.3, -0.25) is 14.5 Å². The van der Waals surface area contributed by atoms with E-state index in [-0.39, 0.29) is 24.3 Å². The van der Waals surface area contributed by atoms with Gasteiger partial charge in [0, 0.05) is 4.47 Å². The van der Waals surface area contributed by atoms with Gasteiger partial charge in [-0.05, 0) is 83.3 Å². The predicted molar refractivity (Wildman–Crippen MR) is 148 cm³/mol. The smallest absolute Gasteiger partial charge is 0.293 e. The van der Waals surface area contributed by atoms with Crippen LogP contribution in [0.25, 0.3) is 6.08 Å². The van der Waals surface area contributed by atoms with Crippen LogP contribution in [-0.4, -0.2) is 29.2 Å². The molecule has 3 aromatic rings. The van der Waals surface area contributed by atoms with Crippen molar-refractivity contribution < 1.29 is 19.1 Å². The highest BCUT2D eigenvalue weighted by atomic mass is 79.9. The van der Waals surface area contributed by atoms with E-state index in [1.165, 1.54) is 4.90 Å². The number of hydrogen-bond donors (Lipinski definition) is 0. The number of nitrogens with zero attached hydrogens (tertiary/aromatic N) is 1. The summed E-state index contributed by atoms with van der Waals surface area (Å²) in [5, 5.41) is -0.286. The molecule has 0 bridgehead atoms. The van der Waals surface area contributed by atoms with E-state index in [0.29, 0.717) is 23.2 Å². The van der Waals surface area contributed by atoms with Crippen LogP contribution in [0.3, 0.4) is 0 Å². The maximum Gasteiger partial charge on any atom is 0.293 e. The zero-order valence-electron chi connectivity index (χ0n) is 20.5. The SMILES string of the molecule is Cc1ccc(C(C)C)c(OCCN2C(=O)S/C(=C\c3cccc(OCc4ccc(Br)cc4)c3)C2=O)c1. The van der Waals surface area contributed by atoms with Crippen molar-refractivity contribution in [3.8, 4) is 11.5 Å². The molecule has 0 spiro atoms. The highest BCUT2D eigenvalue weighted by Gasteiger charge is 2.34. The van der Waals surface area contributed by atoms with Crippen LogP contribution in [0.5, 0.6) is 11.5 Å². The van der Waals surface area contributed by atoms with Gasteiger partial charge in [-0.15, -0.1) is 0 Å². The minimum Gasteiger partial charge on any atom is -0.491 e. The fraction of sp³-hybridized carbons (Fsp3) is 0.241. The molecule has 0 radical (unpaired) electrons. The van der Waals surface area contributed by atoms with E-state index in [2.05, 4.69) is 41.9 Å². The third-order valence-corrected chi connectivity index (χ3v) is 7.15. The van der Waals surface area contributed by atoms with Crippen molar-refractivity contribution in [3.05, 3.63) is 98.4 Å². The van der Waals surface area contributed by atoms with E-state index in [0.717, 1.165) is 44.2 Å². The molecule has 7 heteroatoms. The highest BCUT2D eigenvalue weighted by Crippen LogP contribution is 2.33. The van der Waals surface area contributed by atoms with Crippen molar-refractivity contribution >= 4 is 44.9 Å². The van der Waals surface area contributed by atoms with Crippen molar-refractivity contribution in [2.45, 2.75) is 33.3 Å². The normalized spacial score (nSPS) is 14.7. The van der Waals surface area contributed by atoms with E-state index >= 15 is 0 Å². The Morgan fingerprint density at radius 3 is 2.53 bits per heavy atom. The first-order valence-electron chi connectivity index (χ1n) is 11.8. The third kappa shape index (κ3) is 6.59. The van der Waals surface area contributed by atoms with E-state index in [4.69, 9.17) is 9.47 Å². The summed E-state index contributed by atoms with van der Waals surface area (Å²) in [6.45, 7) is 7.11. The average molecular weight is 567 g/mol. The lowest BCUT2D eigenvalue weighted by Gasteiger charge is -2.17. The summed E-state index contributed by atoms with van der Waals surface area (Å²) in [7, 11) is 0. The van der Waals surface area contributed by atoms with Gasteiger partial charge in [0.25, 0.3) is 11.1 Å². The third-order valence-electron chi connectivity index (χ3n) is 5.71. The van der Waals surface area contributed by atoms with Crippen molar-refractivity contribution in [1.82, 2.24) is 4.90 Å². The molecule has 2 amide bonds. The molecule has 5 nitrogen and oxygen atoms in total. The molecule has 0 aliphatic carbocycles. The Morgan fingerprint density at radius 2 is 1.78 bits per heavy atom. The largest absolute Gasteiger partial charge is 0.491 e. The van der Waals surface area contributed by atoms with Crippen molar-refractivity contribution in [3.63, 3.8) is 0 Å². The van der Waals surface area contributed by atoms with E-state index in [1.807, 2.05) is 61.5 Å². The van der Waals surface area contributed by atoms with Crippen molar-refractivity contribution in [2.75, 3.05) is 13.2 Å². The Labute approximate surface area is 224 Å². The lowest BCUT2D eigenvalue weighted by Crippen LogP contribution is -2.32. The molecule has 0 saturated carbocycles. The topological polar surface area (TPSA) is 55.8 Å². The number of aryl methyl sites for hydroxylation is 1. The lowest BCUT2D eigenvalue weighted by molar-refractivity contribution is -0.123. The monoisotopic (exact) mass is 565 g/mol. The van der Waals surface area contributed by atoms with E-state index in [1.54, 1.807) is 6.08 Å². The number of benzene rings is 3. The van der Waals surface area contributed by atoms with Gasteiger partial charge < -0.3 is 9.47 Å². The Kier molecular flexibility index (Phi) is 8.54. The minimum atomic E-state index is -0.303. The van der Waals surface area contributed by atoms with E-state index in [9.17, 15) is 9.59 Å². The standard InChI is InChI=1S/C29H28BrNO4S/c1-19(2)25-12-7-20(3)15-26(25)34-14-13-31-28(32)27(36-29(31)33)17-22-5-4-6-24(16-22)35-18-21-8-10-23(30)11-9-21/h4-12,15-17,19H,13-14,18H2,1-3H3/b27-17-. The zero-order valence-corrected chi connectivity index (χ0v) is 22.9.